The first-order valence-corrected chi connectivity index (χ1v) is 10.0. The number of H-pyrrole nitrogens is 1. The molecule has 0 atom stereocenters. The number of nitrogens with zero attached hydrogens (tertiary/aromatic N) is 6. The molecule has 0 unspecified atom stereocenters. The summed E-state index contributed by atoms with van der Waals surface area (Å²) in [6.07, 6.45) is 7.69. The molecule has 1 aliphatic rings. The van der Waals surface area contributed by atoms with Gasteiger partial charge in [0.2, 0.25) is 5.95 Å². The minimum absolute atomic E-state index is 0.0731. The Bertz CT molecular complexity index is 1300. The lowest BCUT2D eigenvalue weighted by Gasteiger charge is -2.27. The molecule has 0 spiro atoms. The molecule has 0 aromatic carbocycles. The molecular formula is C22H21N7O2. The van der Waals surface area contributed by atoms with Crippen molar-refractivity contribution in [1.29, 1.82) is 0 Å². The Hall–Kier alpha value is -4.01. The summed E-state index contributed by atoms with van der Waals surface area (Å²) in [5.41, 5.74) is 3.31. The van der Waals surface area contributed by atoms with E-state index in [9.17, 15) is 4.79 Å². The van der Waals surface area contributed by atoms with Crippen molar-refractivity contribution in [2.24, 2.45) is 0 Å². The molecule has 4 aromatic heterocycles. The highest BCUT2D eigenvalue weighted by atomic mass is 16.5. The second kappa shape index (κ2) is 7.67. The fourth-order valence-electron chi connectivity index (χ4n) is 3.69. The van der Waals surface area contributed by atoms with Gasteiger partial charge in [0.15, 0.2) is 0 Å². The maximum Gasteiger partial charge on any atom is 0.264 e. The first-order chi connectivity index (χ1) is 15.1. The molecule has 0 fully saturated rings. The van der Waals surface area contributed by atoms with Crippen LogP contribution in [0.4, 0.5) is 5.95 Å². The van der Waals surface area contributed by atoms with E-state index in [0.29, 0.717) is 40.9 Å². The number of rotatable bonds is 4. The van der Waals surface area contributed by atoms with Gasteiger partial charge in [0.25, 0.3) is 5.56 Å². The van der Waals surface area contributed by atoms with E-state index in [1.165, 1.54) is 0 Å². The second-order valence-corrected chi connectivity index (χ2v) is 7.45. The van der Waals surface area contributed by atoms with Gasteiger partial charge in [0.05, 0.1) is 28.8 Å². The first kappa shape index (κ1) is 19.0. The van der Waals surface area contributed by atoms with Crippen LogP contribution in [-0.4, -0.2) is 43.3 Å². The van der Waals surface area contributed by atoms with Gasteiger partial charge < -0.3 is 9.64 Å². The van der Waals surface area contributed by atoms with Gasteiger partial charge in [-0.05, 0) is 31.5 Å². The average molecular weight is 415 g/mol. The number of anilines is 1. The van der Waals surface area contributed by atoms with Gasteiger partial charge in [0.1, 0.15) is 11.5 Å². The third-order valence-corrected chi connectivity index (χ3v) is 5.31. The number of nitrogens with one attached hydrogen (secondary N) is 1. The van der Waals surface area contributed by atoms with Crippen molar-refractivity contribution < 1.29 is 4.74 Å². The Morgan fingerprint density at radius 3 is 2.81 bits per heavy atom. The van der Waals surface area contributed by atoms with Crippen molar-refractivity contribution in [3.8, 4) is 34.0 Å². The lowest BCUT2D eigenvalue weighted by Crippen LogP contribution is -2.36. The van der Waals surface area contributed by atoms with E-state index in [4.69, 9.17) is 4.74 Å². The monoisotopic (exact) mass is 415 g/mol. The molecule has 5 rings (SSSR count). The molecule has 0 saturated heterocycles. The third kappa shape index (κ3) is 3.54. The Morgan fingerprint density at radius 1 is 1.10 bits per heavy atom. The molecular weight excluding hydrogens is 394 g/mol. The van der Waals surface area contributed by atoms with Gasteiger partial charge in [-0.2, -0.15) is 5.10 Å². The smallest absolute Gasteiger partial charge is 0.264 e. The van der Waals surface area contributed by atoms with Gasteiger partial charge in [-0.1, -0.05) is 0 Å². The number of ether oxygens (including phenoxy) is 1. The molecule has 1 aliphatic heterocycles. The molecule has 1 N–H and O–H groups in total. The largest absolute Gasteiger partial charge is 0.455 e. The first-order valence-electron chi connectivity index (χ1n) is 10.0. The number of aryl methyl sites for hydroxylation is 1. The van der Waals surface area contributed by atoms with Crippen LogP contribution in [0.3, 0.4) is 0 Å². The number of hydrogen-bond acceptors (Lipinski definition) is 7. The molecule has 9 heteroatoms. The molecule has 0 aliphatic carbocycles. The van der Waals surface area contributed by atoms with Crippen molar-refractivity contribution in [3.63, 3.8) is 0 Å². The van der Waals surface area contributed by atoms with Crippen LogP contribution in [0.1, 0.15) is 12.1 Å². The molecule has 0 bridgehead atoms. The molecule has 4 aromatic rings. The topological polar surface area (TPSA) is 102 Å². The molecule has 0 amide bonds. The molecule has 5 heterocycles. The van der Waals surface area contributed by atoms with Crippen molar-refractivity contribution in [1.82, 2.24) is 29.7 Å². The van der Waals surface area contributed by atoms with E-state index in [1.54, 1.807) is 41.5 Å². The van der Waals surface area contributed by atoms with E-state index in [0.717, 1.165) is 24.2 Å². The van der Waals surface area contributed by atoms with E-state index in [2.05, 4.69) is 25.1 Å². The number of aromatic nitrogens is 6. The van der Waals surface area contributed by atoms with Crippen LogP contribution < -0.4 is 15.2 Å². The van der Waals surface area contributed by atoms with Crippen LogP contribution in [0.2, 0.25) is 0 Å². The fourth-order valence-corrected chi connectivity index (χ4v) is 3.69. The minimum atomic E-state index is -0.0731. The Morgan fingerprint density at radius 2 is 2.00 bits per heavy atom. The van der Waals surface area contributed by atoms with Crippen LogP contribution in [0.25, 0.3) is 22.5 Å². The second-order valence-electron chi connectivity index (χ2n) is 7.45. The average Bonchev–Trinajstić information content (AvgIpc) is 3.31. The van der Waals surface area contributed by atoms with Crippen molar-refractivity contribution in [2.75, 3.05) is 18.5 Å². The van der Waals surface area contributed by atoms with Crippen molar-refractivity contribution in [2.45, 2.75) is 19.9 Å². The zero-order valence-electron chi connectivity index (χ0n) is 17.2. The zero-order valence-corrected chi connectivity index (χ0v) is 17.2. The predicted molar refractivity (Wildman–Crippen MR) is 116 cm³/mol. The number of aromatic amines is 1. The summed E-state index contributed by atoms with van der Waals surface area (Å²) < 4.78 is 7.75. The third-order valence-electron chi connectivity index (χ3n) is 5.31. The van der Waals surface area contributed by atoms with Crippen LogP contribution >= 0.6 is 0 Å². The molecule has 0 saturated carbocycles. The summed E-state index contributed by atoms with van der Waals surface area (Å²) in [6, 6.07) is 7.24. The van der Waals surface area contributed by atoms with E-state index < -0.39 is 0 Å². The number of hydrogen-bond donors (Lipinski definition) is 1. The Balaban J connectivity index is 1.44. The van der Waals surface area contributed by atoms with Crippen molar-refractivity contribution in [3.05, 3.63) is 65.1 Å². The van der Waals surface area contributed by atoms with Crippen LogP contribution in [0, 0.1) is 6.92 Å². The quantitative estimate of drug-likeness (QED) is 0.547. The van der Waals surface area contributed by atoms with Crippen molar-refractivity contribution >= 4 is 5.95 Å². The Kier molecular flexibility index (Phi) is 4.70. The summed E-state index contributed by atoms with van der Waals surface area (Å²) in [5, 5.41) is 6.73. The molecule has 9 nitrogen and oxygen atoms in total. The molecule has 0 radical (unpaired) electrons. The summed E-state index contributed by atoms with van der Waals surface area (Å²) in [5.74, 6) is 1.95. The van der Waals surface area contributed by atoms with E-state index >= 15 is 0 Å². The maximum absolute atomic E-state index is 13.0. The van der Waals surface area contributed by atoms with Crippen LogP contribution in [0.5, 0.6) is 11.5 Å². The van der Waals surface area contributed by atoms with Gasteiger partial charge in [0, 0.05) is 50.4 Å². The SMILES string of the molecule is Cc1nc(-c2cnc3n(c2=O)CCCN3C)ccc1Oc1ccnc(-c2cn[nH]c2)c1. The highest BCUT2D eigenvalue weighted by Gasteiger charge is 2.19. The summed E-state index contributed by atoms with van der Waals surface area (Å²) >= 11 is 0. The predicted octanol–water partition coefficient (Wildman–Crippen LogP) is 3.03. The minimum Gasteiger partial charge on any atom is -0.455 e. The van der Waals surface area contributed by atoms with Gasteiger partial charge in [-0.3, -0.25) is 19.4 Å². The van der Waals surface area contributed by atoms with Gasteiger partial charge in [-0.15, -0.1) is 0 Å². The highest BCUT2D eigenvalue weighted by molar-refractivity contribution is 5.61. The summed E-state index contributed by atoms with van der Waals surface area (Å²) in [4.78, 5) is 28.5. The number of pyridine rings is 2. The fraction of sp³-hybridized carbons (Fsp3) is 0.227. The maximum atomic E-state index is 13.0. The lowest BCUT2D eigenvalue weighted by atomic mass is 10.2. The lowest BCUT2D eigenvalue weighted by molar-refractivity contribution is 0.475. The Labute approximate surface area is 178 Å². The van der Waals surface area contributed by atoms with Gasteiger partial charge >= 0.3 is 0 Å². The molecule has 156 valence electrons. The van der Waals surface area contributed by atoms with Gasteiger partial charge in [-0.25, -0.2) is 9.97 Å². The van der Waals surface area contributed by atoms with Crippen LogP contribution in [0.15, 0.2) is 53.8 Å². The standard InChI is InChI=1S/C22H21N7O2/c1-14-20(31-16-6-7-23-19(10-16)15-11-25-26-12-15)5-4-18(27-14)17-13-24-22-28(2)8-3-9-29(22)21(17)30/h4-7,10-13H,3,8-9H2,1-2H3,(H,25,26). The van der Waals surface area contributed by atoms with E-state index in [1.807, 2.05) is 31.0 Å². The summed E-state index contributed by atoms with van der Waals surface area (Å²) in [7, 11) is 1.95. The highest BCUT2D eigenvalue weighted by Crippen LogP contribution is 2.28. The normalized spacial score (nSPS) is 13.2. The van der Waals surface area contributed by atoms with Crippen LogP contribution in [-0.2, 0) is 6.54 Å². The number of fused-ring (bicyclic) bond motifs is 1. The summed E-state index contributed by atoms with van der Waals surface area (Å²) in [6.45, 7) is 3.42. The molecule has 31 heavy (non-hydrogen) atoms. The zero-order chi connectivity index (χ0) is 21.4. The van der Waals surface area contributed by atoms with E-state index in [-0.39, 0.29) is 5.56 Å².